The Balaban J connectivity index is 2.20. The van der Waals surface area contributed by atoms with Crippen molar-refractivity contribution < 1.29 is 26.2 Å². The second-order valence-corrected chi connectivity index (χ2v) is 8.38. The number of carbonyl (C=O) groups is 1. The lowest BCUT2D eigenvalue weighted by Crippen LogP contribution is -2.40. The number of halogens is 2. The summed E-state index contributed by atoms with van der Waals surface area (Å²) in [7, 11) is -3.66. The van der Waals surface area contributed by atoms with Crippen LogP contribution in [-0.4, -0.2) is 31.1 Å². The van der Waals surface area contributed by atoms with E-state index in [1.807, 2.05) is 13.8 Å². The molecule has 1 unspecified atom stereocenters. The smallest absolute Gasteiger partial charge is 0.322 e. The van der Waals surface area contributed by atoms with E-state index in [9.17, 15) is 22.0 Å². The van der Waals surface area contributed by atoms with Crippen LogP contribution >= 0.6 is 0 Å². The zero-order valence-electron chi connectivity index (χ0n) is 16.5. The van der Waals surface area contributed by atoms with Gasteiger partial charge in [-0.25, -0.2) is 13.6 Å². The van der Waals surface area contributed by atoms with Gasteiger partial charge < -0.3 is 14.4 Å². The molecule has 0 saturated carbocycles. The molecule has 0 aliphatic rings. The molecule has 1 N–H and O–H groups in total. The number of rotatable bonds is 8. The van der Waals surface area contributed by atoms with Crippen LogP contribution in [0.1, 0.15) is 32.8 Å². The maximum absolute atomic E-state index is 13.4. The van der Waals surface area contributed by atoms with Gasteiger partial charge in [0, 0.05) is 24.3 Å². The van der Waals surface area contributed by atoms with Crippen molar-refractivity contribution >= 4 is 21.8 Å². The Bertz CT molecular complexity index is 967. The number of nitrogens with zero attached hydrogens (tertiary/aromatic N) is 1. The molecule has 0 heterocycles. The highest BCUT2D eigenvalue weighted by molar-refractivity contribution is 7.87. The first-order chi connectivity index (χ1) is 13.6. The van der Waals surface area contributed by atoms with Crippen LogP contribution in [0.3, 0.4) is 0 Å². The number of benzene rings is 2. The molecule has 0 saturated heterocycles. The average molecular weight is 426 g/mol. The van der Waals surface area contributed by atoms with Crippen molar-refractivity contribution in [1.82, 2.24) is 4.90 Å². The molecule has 1 atom stereocenters. The first-order valence-electron chi connectivity index (χ1n) is 9.19. The standard InChI is InChI=1S/C20H24F2N2O4S/c1-4-14(3)24(20(25)23-16-9-10-18(21)19(22)12-16)13-15-7-6-8-17(11-15)28-29(26,27)5-2/h6-12,14H,4-5,13H2,1-3H3,(H,23,25). The highest BCUT2D eigenvalue weighted by Crippen LogP contribution is 2.20. The summed E-state index contributed by atoms with van der Waals surface area (Å²) in [5.74, 6) is -2.05. The Labute approximate surface area is 169 Å². The summed E-state index contributed by atoms with van der Waals surface area (Å²) in [6.07, 6.45) is 0.658. The number of hydrogen-bond acceptors (Lipinski definition) is 4. The highest BCUT2D eigenvalue weighted by Gasteiger charge is 2.20. The van der Waals surface area contributed by atoms with Crippen LogP contribution in [0.5, 0.6) is 5.75 Å². The van der Waals surface area contributed by atoms with Gasteiger partial charge in [-0.2, -0.15) is 8.42 Å². The Morgan fingerprint density at radius 3 is 2.48 bits per heavy atom. The largest absolute Gasteiger partial charge is 0.382 e. The quantitative estimate of drug-likeness (QED) is 0.630. The van der Waals surface area contributed by atoms with Gasteiger partial charge in [0.05, 0.1) is 5.75 Å². The van der Waals surface area contributed by atoms with Gasteiger partial charge in [-0.15, -0.1) is 0 Å². The first kappa shape index (κ1) is 22.6. The van der Waals surface area contributed by atoms with Gasteiger partial charge in [-0.1, -0.05) is 19.1 Å². The van der Waals surface area contributed by atoms with Crippen molar-refractivity contribution in [3.63, 3.8) is 0 Å². The molecule has 2 aromatic rings. The summed E-state index contributed by atoms with van der Waals surface area (Å²) in [5, 5.41) is 2.56. The molecule has 9 heteroatoms. The van der Waals surface area contributed by atoms with Crippen molar-refractivity contribution in [1.29, 1.82) is 0 Å². The van der Waals surface area contributed by atoms with E-state index >= 15 is 0 Å². The summed E-state index contributed by atoms with van der Waals surface area (Å²) in [5.41, 5.74) is 0.794. The predicted molar refractivity (Wildman–Crippen MR) is 107 cm³/mol. The molecular weight excluding hydrogens is 402 g/mol. The fourth-order valence-electron chi connectivity index (χ4n) is 2.52. The summed E-state index contributed by atoms with van der Waals surface area (Å²) >= 11 is 0. The van der Waals surface area contributed by atoms with Crippen molar-refractivity contribution in [2.75, 3.05) is 11.1 Å². The lowest BCUT2D eigenvalue weighted by Gasteiger charge is -2.29. The molecule has 0 aliphatic carbocycles. The highest BCUT2D eigenvalue weighted by atomic mass is 32.2. The SMILES string of the molecule is CCC(C)N(Cc1cccc(OS(=O)(=O)CC)c1)C(=O)Nc1ccc(F)c(F)c1. The van der Waals surface area contributed by atoms with Crippen molar-refractivity contribution in [3.05, 3.63) is 59.7 Å². The lowest BCUT2D eigenvalue weighted by molar-refractivity contribution is 0.187. The molecule has 0 radical (unpaired) electrons. The normalized spacial score (nSPS) is 12.3. The van der Waals surface area contributed by atoms with E-state index in [1.54, 1.807) is 18.2 Å². The molecule has 2 aromatic carbocycles. The molecule has 0 spiro atoms. The molecule has 0 fully saturated rings. The molecule has 0 bridgehead atoms. The number of urea groups is 1. The third kappa shape index (κ3) is 6.42. The molecule has 6 nitrogen and oxygen atoms in total. The zero-order valence-corrected chi connectivity index (χ0v) is 17.3. The van der Waals surface area contributed by atoms with Crippen LogP contribution in [-0.2, 0) is 16.7 Å². The van der Waals surface area contributed by atoms with Crippen LogP contribution in [0, 0.1) is 11.6 Å². The number of hydrogen-bond donors (Lipinski definition) is 1. The second kappa shape index (κ2) is 9.69. The molecule has 158 valence electrons. The summed E-state index contributed by atoms with van der Waals surface area (Å²) in [6, 6.07) is 8.92. The Hall–Kier alpha value is -2.68. The summed E-state index contributed by atoms with van der Waals surface area (Å²) in [6.45, 7) is 5.42. The fraction of sp³-hybridized carbons (Fsp3) is 0.350. The molecular formula is C20H24F2N2O4S. The second-order valence-electron chi connectivity index (χ2n) is 6.52. The third-order valence-corrected chi connectivity index (χ3v) is 5.54. The van der Waals surface area contributed by atoms with Gasteiger partial charge >= 0.3 is 16.1 Å². The van der Waals surface area contributed by atoms with Gasteiger partial charge in [-0.3, -0.25) is 0 Å². The van der Waals surface area contributed by atoms with Gasteiger partial charge in [0.1, 0.15) is 5.75 Å². The topological polar surface area (TPSA) is 75.7 Å². The minimum absolute atomic E-state index is 0.133. The van der Waals surface area contributed by atoms with Gasteiger partial charge in [0.15, 0.2) is 11.6 Å². The van der Waals surface area contributed by atoms with Gasteiger partial charge in [0.2, 0.25) is 0 Å². The number of carbonyl (C=O) groups excluding carboxylic acids is 1. The molecule has 29 heavy (non-hydrogen) atoms. The van der Waals surface area contributed by atoms with E-state index in [1.165, 1.54) is 24.0 Å². The van der Waals surface area contributed by atoms with E-state index in [0.29, 0.717) is 12.0 Å². The number of nitrogens with one attached hydrogen (secondary N) is 1. The minimum atomic E-state index is -3.66. The molecule has 0 aliphatic heterocycles. The Morgan fingerprint density at radius 1 is 1.14 bits per heavy atom. The Kier molecular flexibility index (Phi) is 7.55. The average Bonchev–Trinajstić information content (AvgIpc) is 2.68. The van der Waals surface area contributed by atoms with Crippen LogP contribution < -0.4 is 9.50 Å². The van der Waals surface area contributed by atoms with E-state index < -0.39 is 27.8 Å². The zero-order chi connectivity index (χ0) is 21.6. The van der Waals surface area contributed by atoms with Gasteiger partial charge in [0.25, 0.3) is 0 Å². The third-order valence-electron chi connectivity index (χ3n) is 4.38. The fourth-order valence-corrected chi connectivity index (χ4v) is 3.03. The monoisotopic (exact) mass is 426 g/mol. The van der Waals surface area contributed by atoms with E-state index in [0.717, 1.165) is 12.1 Å². The van der Waals surface area contributed by atoms with Gasteiger partial charge in [-0.05, 0) is 50.1 Å². The maximum atomic E-state index is 13.4. The number of amides is 2. The molecule has 2 amide bonds. The minimum Gasteiger partial charge on any atom is -0.382 e. The van der Waals surface area contributed by atoms with E-state index in [2.05, 4.69) is 5.32 Å². The van der Waals surface area contributed by atoms with Crippen molar-refractivity contribution in [2.24, 2.45) is 0 Å². The van der Waals surface area contributed by atoms with Crippen LogP contribution in [0.15, 0.2) is 42.5 Å². The number of anilines is 1. The van der Waals surface area contributed by atoms with E-state index in [4.69, 9.17) is 4.18 Å². The van der Waals surface area contributed by atoms with Crippen LogP contribution in [0.2, 0.25) is 0 Å². The lowest BCUT2D eigenvalue weighted by atomic mass is 10.1. The van der Waals surface area contributed by atoms with Crippen molar-refractivity contribution in [3.8, 4) is 5.75 Å². The summed E-state index contributed by atoms with van der Waals surface area (Å²) in [4.78, 5) is 14.3. The maximum Gasteiger partial charge on any atom is 0.322 e. The van der Waals surface area contributed by atoms with Crippen LogP contribution in [0.4, 0.5) is 19.3 Å². The molecule has 2 rings (SSSR count). The van der Waals surface area contributed by atoms with Crippen molar-refractivity contribution in [2.45, 2.75) is 39.8 Å². The Morgan fingerprint density at radius 2 is 1.86 bits per heavy atom. The predicted octanol–water partition coefficient (Wildman–Crippen LogP) is 4.53. The van der Waals surface area contributed by atoms with E-state index in [-0.39, 0.29) is 29.8 Å². The first-order valence-corrected chi connectivity index (χ1v) is 10.8. The molecule has 0 aromatic heterocycles. The van der Waals surface area contributed by atoms with Crippen LogP contribution in [0.25, 0.3) is 0 Å². The summed E-state index contributed by atoms with van der Waals surface area (Å²) < 4.78 is 54.8.